The van der Waals surface area contributed by atoms with Gasteiger partial charge in [0.1, 0.15) is 5.60 Å². The van der Waals surface area contributed by atoms with Gasteiger partial charge >= 0.3 is 0 Å². The molecule has 0 unspecified atom stereocenters. The highest BCUT2D eigenvalue weighted by molar-refractivity contribution is 5.85. The summed E-state index contributed by atoms with van der Waals surface area (Å²) in [4.78, 5) is 2.46. The third-order valence-electron chi connectivity index (χ3n) is 7.70. The first-order chi connectivity index (χ1) is 16.6. The molecule has 5 aromatic rings. The number of fused-ring (bicyclic) bond motifs is 2. The summed E-state index contributed by atoms with van der Waals surface area (Å²) in [6.07, 6.45) is 0.952. The van der Waals surface area contributed by atoms with Gasteiger partial charge in [-0.1, -0.05) is 103 Å². The maximum atomic E-state index is 12.7. The molecule has 5 aromatic carbocycles. The van der Waals surface area contributed by atoms with Gasteiger partial charge in [0.25, 0.3) is 0 Å². The second-order valence-corrected chi connectivity index (χ2v) is 9.52. The maximum absolute atomic E-state index is 12.7. The minimum Gasteiger partial charge on any atom is -0.379 e. The molecule has 2 nitrogen and oxygen atoms in total. The quantitative estimate of drug-likeness (QED) is 0.314. The number of rotatable bonds is 5. The van der Waals surface area contributed by atoms with E-state index in [0.29, 0.717) is 0 Å². The molecule has 0 bridgehead atoms. The molecule has 0 amide bonds. The molecule has 1 aliphatic heterocycles. The van der Waals surface area contributed by atoms with Gasteiger partial charge in [0.2, 0.25) is 0 Å². The minimum absolute atomic E-state index is 0.00923. The fourth-order valence-electron chi connectivity index (χ4n) is 5.65. The number of hydrogen-bond acceptors (Lipinski definition) is 2. The first kappa shape index (κ1) is 21.1. The Morgan fingerprint density at radius 2 is 1.18 bits per heavy atom. The zero-order valence-electron chi connectivity index (χ0n) is 19.4. The highest BCUT2D eigenvalue weighted by atomic mass is 16.3. The fourth-order valence-corrected chi connectivity index (χ4v) is 5.65. The van der Waals surface area contributed by atoms with Crippen LogP contribution in [0.15, 0.2) is 115 Å². The van der Waals surface area contributed by atoms with Crippen LogP contribution in [0.3, 0.4) is 0 Å². The lowest BCUT2D eigenvalue weighted by atomic mass is 9.73. The maximum Gasteiger partial charge on any atom is 0.130 e. The Balaban J connectivity index is 1.50. The zero-order chi connectivity index (χ0) is 23.1. The monoisotopic (exact) mass is 443 g/mol. The van der Waals surface area contributed by atoms with Crippen molar-refractivity contribution in [1.29, 1.82) is 0 Å². The van der Waals surface area contributed by atoms with Crippen LogP contribution in [0, 0.1) is 0 Å². The number of nitrogens with zero attached hydrogens (tertiary/aromatic N) is 1. The standard InChI is InChI=1S/C32H29NO/c1-23(24-9-3-2-4-10-24)33-20-19-31(33)32(34,29-17-15-25-11-5-7-13-27(25)21-29)30-18-16-26-12-6-8-14-28(26)22-30/h2-18,21-23,31,34H,19-20H2,1H3/t23-,31+/m0/s1. The molecule has 1 aliphatic rings. The molecular formula is C32H29NO. The van der Waals surface area contributed by atoms with E-state index in [1.165, 1.54) is 16.3 Å². The van der Waals surface area contributed by atoms with Crippen molar-refractivity contribution >= 4 is 21.5 Å². The zero-order valence-corrected chi connectivity index (χ0v) is 19.4. The molecule has 34 heavy (non-hydrogen) atoms. The van der Waals surface area contributed by atoms with Gasteiger partial charge in [-0.2, -0.15) is 0 Å². The van der Waals surface area contributed by atoms with E-state index in [1.54, 1.807) is 0 Å². The average molecular weight is 444 g/mol. The molecule has 6 rings (SSSR count). The van der Waals surface area contributed by atoms with Crippen molar-refractivity contribution in [2.75, 3.05) is 6.54 Å². The van der Waals surface area contributed by atoms with Crippen molar-refractivity contribution in [3.8, 4) is 0 Å². The van der Waals surface area contributed by atoms with Gasteiger partial charge in [-0.15, -0.1) is 0 Å². The van der Waals surface area contributed by atoms with Crippen LogP contribution in [0.1, 0.15) is 36.1 Å². The van der Waals surface area contributed by atoms with Crippen LogP contribution in [-0.4, -0.2) is 22.6 Å². The summed E-state index contributed by atoms with van der Waals surface area (Å²) in [7, 11) is 0. The van der Waals surface area contributed by atoms with E-state index in [1.807, 2.05) is 0 Å². The Kier molecular flexibility index (Phi) is 5.21. The minimum atomic E-state index is -1.12. The highest BCUT2D eigenvalue weighted by Crippen LogP contribution is 2.45. The molecule has 0 aliphatic carbocycles. The highest BCUT2D eigenvalue weighted by Gasteiger charge is 2.49. The van der Waals surface area contributed by atoms with Crippen molar-refractivity contribution in [2.24, 2.45) is 0 Å². The smallest absolute Gasteiger partial charge is 0.130 e. The molecule has 1 heterocycles. The number of likely N-dealkylation sites (tertiary alicyclic amines) is 1. The van der Waals surface area contributed by atoms with Gasteiger partial charge in [0.15, 0.2) is 0 Å². The summed E-state index contributed by atoms with van der Waals surface area (Å²) in [5.74, 6) is 0. The summed E-state index contributed by atoms with van der Waals surface area (Å²) in [6, 6.07) is 40.5. The van der Waals surface area contributed by atoms with Gasteiger partial charge in [0.05, 0.1) is 0 Å². The van der Waals surface area contributed by atoms with Crippen LogP contribution in [0.4, 0.5) is 0 Å². The molecule has 0 saturated carbocycles. The van der Waals surface area contributed by atoms with Crippen molar-refractivity contribution < 1.29 is 5.11 Å². The van der Waals surface area contributed by atoms with E-state index < -0.39 is 5.60 Å². The normalized spacial score (nSPS) is 17.5. The summed E-state index contributed by atoms with van der Waals surface area (Å²) in [6.45, 7) is 3.23. The van der Waals surface area contributed by atoms with Crippen LogP contribution >= 0.6 is 0 Å². The molecule has 1 fully saturated rings. The van der Waals surface area contributed by atoms with Crippen LogP contribution in [0.2, 0.25) is 0 Å². The third-order valence-corrected chi connectivity index (χ3v) is 7.70. The lowest BCUT2D eigenvalue weighted by Gasteiger charge is -2.53. The summed E-state index contributed by atoms with van der Waals surface area (Å²) in [5.41, 5.74) is 2.08. The summed E-state index contributed by atoms with van der Waals surface area (Å²) < 4.78 is 0. The van der Waals surface area contributed by atoms with Crippen molar-refractivity contribution in [1.82, 2.24) is 4.90 Å². The Labute approximate surface area is 201 Å². The number of hydrogen-bond donors (Lipinski definition) is 1. The molecular weight excluding hydrogens is 414 g/mol. The Bertz CT molecular complexity index is 1380. The van der Waals surface area contributed by atoms with E-state index in [9.17, 15) is 5.11 Å². The third kappa shape index (κ3) is 3.42. The molecule has 2 heteroatoms. The van der Waals surface area contributed by atoms with Crippen molar-refractivity contribution in [2.45, 2.75) is 31.0 Å². The predicted molar refractivity (Wildman–Crippen MR) is 141 cm³/mol. The predicted octanol–water partition coefficient (Wildman–Crippen LogP) is 7.06. The van der Waals surface area contributed by atoms with E-state index in [2.05, 4.69) is 127 Å². The second-order valence-electron chi connectivity index (χ2n) is 9.52. The van der Waals surface area contributed by atoms with Crippen molar-refractivity contribution in [3.63, 3.8) is 0 Å². The van der Waals surface area contributed by atoms with Gasteiger partial charge < -0.3 is 5.11 Å². The molecule has 0 spiro atoms. The molecule has 168 valence electrons. The van der Waals surface area contributed by atoms with Crippen LogP contribution in [-0.2, 0) is 5.60 Å². The molecule has 0 radical (unpaired) electrons. The van der Waals surface area contributed by atoms with E-state index in [-0.39, 0.29) is 12.1 Å². The first-order valence-corrected chi connectivity index (χ1v) is 12.2. The van der Waals surface area contributed by atoms with E-state index in [0.717, 1.165) is 34.9 Å². The molecule has 0 aromatic heterocycles. The number of aliphatic hydroxyl groups is 1. The van der Waals surface area contributed by atoms with Gasteiger partial charge in [-0.25, -0.2) is 0 Å². The van der Waals surface area contributed by atoms with Crippen LogP contribution in [0.5, 0.6) is 0 Å². The van der Waals surface area contributed by atoms with E-state index in [4.69, 9.17) is 0 Å². The van der Waals surface area contributed by atoms with Gasteiger partial charge in [-0.3, -0.25) is 4.90 Å². The van der Waals surface area contributed by atoms with Gasteiger partial charge in [0, 0.05) is 18.6 Å². The molecule has 1 saturated heterocycles. The van der Waals surface area contributed by atoms with Crippen LogP contribution in [0.25, 0.3) is 21.5 Å². The first-order valence-electron chi connectivity index (χ1n) is 12.2. The molecule has 2 atom stereocenters. The average Bonchev–Trinajstić information content (AvgIpc) is 2.87. The topological polar surface area (TPSA) is 23.5 Å². The fraction of sp³-hybridized carbons (Fsp3) is 0.188. The Morgan fingerprint density at radius 1 is 0.676 bits per heavy atom. The largest absolute Gasteiger partial charge is 0.379 e. The van der Waals surface area contributed by atoms with Crippen LogP contribution < -0.4 is 0 Å². The van der Waals surface area contributed by atoms with Gasteiger partial charge in [-0.05, 0) is 63.7 Å². The number of benzene rings is 5. The van der Waals surface area contributed by atoms with Crippen molar-refractivity contribution in [3.05, 3.63) is 132 Å². The second kappa shape index (κ2) is 8.39. The molecule has 1 N–H and O–H groups in total. The Hall–Kier alpha value is -3.46. The summed E-state index contributed by atoms with van der Waals surface area (Å²) >= 11 is 0. The lowest BCUT2D eigenvalue weighted by Crippen LogP contribution is -2.60. The summed E-state index contributed by atoms with van der Waals surface area (Å²) in [5, 5.41) is 17.4. The van der Waals surface area contributed by atoms with E-state index >= 15 is 0 Å². The lowest BCUT2D eigenvalue weighted by molar-refractivity contribution is -0.0892. The Morgan fingerprint density at radius 3 is 1.68 bits per heavy atom. The SMILES string of the molecule is C[C@@H](c1ccccc1)N1CC[C@@H]1C(O)(c1ccc2ccccc2c1)c1ccc2ccccc2c1.